The summed E-state index contributed by atoms with van der Waals surface area (Å²) < 4.78 is 5.51. The summed E-state index contributed by atoms with van der Waals surface area (Å²) in [5.74, 6) is 0.452. The molecule has 0 spiro atoms. The number of hydrogen-bond acceptors (Lipinski definition) is 3. The molecular formula is C18H20N2O2. The van der Waals surface area contributed by atoms with E-state index in [2.05, 4.69) is 10.5 Å². The molecule has 2 aromatic carbocycles. The van der Waals surface area contributed by atoms with E-state index in [1.807, 2.05) is 62.4 Å². The van der Waals surface area contributed by atoms with Crippen molar-refractivity contribution in [3.8, 4) is 5.75 Å². The number of nitrogens with zero attached hydrogens (tertiary/aromatic N) is 1. The molecule has 114 valence electrons. The topological polar surface area (TPSA) is 50.7 Å². The summed E-state index contributed by atoms with van der Waals surface area (Å²) >= 11 is 0. The molecule has 4 heteroatoms. The lowest BCUT2D eigenvalue weighted by Crippen LogP contribution is -2.24. The van der Waals surface area contributed by atoms with Gasteiger partial charge >= 0.3 is 0 Å². The number of benzene rings is 2. The van der Waals surface area contributed by atoms with Crippen molar-refractivity contribution in [1.82, 2.24) is 5.43 Å². The number of rotatable bonds is 6. The van der Waals surface area contributed by atoms with Crippen LogP contribution >= 0.6 is 0 Å². The number of carbonyl (C=O) groups excluding carboxylic acids is 1. The number of nitrogens with one attached hydrogen (secondary N) is 1. The van der Waals surface area contributed by atoms with E-state index in [0.29, 0.717) is 6.42 Å². The van der Waals surface area contributed by atoms with E-state index in [1.165, 1.54) is 0 Å². The van der Waals surface area contributed by atoms with Gasteiger partial charge < -0.3 is 4.74 Å². The van der Waals surface area contributed by atoms with Gasteiger partial charge in [0.05, 0.1) is 0 Å². The molecule has 0 bridgehead atoms. The minimum Gasteiger partial charge on any atom is -0.483 e. The Balaban J connectivity index is 1.75. The van der Waals surface area contributed by atoms with E-state index in [0.717, 1.165) is 22.4 Å². The molecule has 0 fully saturated rings. The van der Waals surface area contributed by atoms with Gasteiger partial charge in [0.1, 0.15) is 5.75 Å². The van der Waals surface area contributed by atoms with Crippen molar-refractivity contribution in [3.05, 3.63) is 65.2 Å². The van der Waals surface area contributed by atoms with Crippen molar-refractivity contribution in [1.29, 1.82) is 0 Å². The van der Waals surface area contributed by atoms with Crippen molar-refractivity contribution >= 4 is 12.1 Å². The molecule has 0 saturated heterocycles. The van der Waals surface area contributed by atoms with Gasteiger partial charge in [-0.25, -0.2) is 5.43 Å². The van der Waals surface area contributed by atoms with Crippen LogP contribution in [0.3, 0.4) is 0 Å². The molecule has 1 N–H and O–H groups in total. The molecule has 0 aliphatic heterocycles. The first-order valence-corrected chi connectivity index (χ1v) is 7.20. The summed E-state index contributed by atoms with van der Waals surface area (Å²) in [6, 6.07) is 15.7. The molecule has 0 heterocycles. The highest BCUT2D eigenvalue weighted by molar-refractivity contribution is 5.78. The molecule has 0 aromatic heterocycles. The lowest BCUT2D eigenvalue weighted by molar-refractivity contribution is -0.123. The highest BCUT2D eigenvalue weighted by Crippen LogP contribution is 2.20. The Morgan fingerprint density at radius 1 is 1.14 bits per heavy atom. The Morgan fingerprint density at radius 3 is 2.68 bits per heavy atom. The van der Waals surface area contributed by atoms with E-state index in [4.69, 9.17) is 4.74 Å². The zero-order valence-corrected chi connectivity index (χ0v) is 12.9. The van der Waals surface area contributed by atoms with Gasteiger partial charge in [0, 0.05) is 12.6 Å². The average molecular weight is 296 g/mol. The number of carbonyl (C=O) groups is 1. The zero-order chi connectivity index (χ0) is 15.8. The molecule has 2 aromatic rings. The second kappa shape index (κ2) is 7.98. The molecule has 1 amide bonds. The second-order valence-corrected chi connectivity index (χ2v) is 5.02. The smallest absolute Gasteiger partial charge is 0.277 e. The third-order valence-electron chi connectivity index (χ3n) is 3.36. The summed E-state index contributed by atoms with van der Waals surface area (Å²) in [5, 5.41) is 3.91. The third kappa shape index (κ3) is 4.74. The molecule has 0 aliphatic carbocycles. The molecule has 0 saturated carbocycles. The van der Waals surface area contributed by atoms with Crippen LogP contribution in [0.15, 0.2) is 53.6 Å². The fourth-order valence-corrected chi connectivity index (χ4v) is 1.94. The van der Waals surface area contributed by atoms with Crippen molar-refractivity contribution in [3.63, 3.8) is 0 Å². The maximum absolute atomic E-state index is 11.7. The van der Waals surface area contributed by atoms with Gasteiger partial charge in [-0.15, -0.1) is 0 Å². The minimum absolute atomic E-state index is 0.0486. The highest BCUT2D eigenvalue weighted by atomic mass is 16.5. The van der Waals surface area contributed by atoms with Gasteiger partial charge in [-0.1, -0.05) is 42.5 Å². The molecule has 0 atom stereocenters. The Bertz CT molecular complexity index is 651. The second-order valence-electron chi connectivity index (χ2n) is 5.02. The van der Waals surface area contributed by atoms with E-state index >= 15 is 0 Å². The van der Waals surface area contributed by atoms with Crippen LogP contribution in [0.4, 0.5) is 0 Å². The van der Waals surface area contributed by atoms with E-state index in [9.17, 15) is 4.79 Å². The van der Waals surface area contributed by atoms with Crippen LogP contribution in [0, 0.1) is 13.8 Å². The largest absolute Gasteiger partial charge is 0.483 e. The normalized spacial score (nSPS) is 10.6. The Kier molecular flexibility index (Phi) is 5.72. The molecule has 2 rings (SSSR count). The van der Waals surface area contributed by atoms with Crippen molar-refractivity contribution in [2.75, 3.05) is 6.61 Å². The van der Waals surface area contributed by atoms with E-state index in [1.54, 1.807) is 6.21 Å². The number of hydrogen-bond donors (Lipinski definition) is 1. The lowest BCUT2D eigenvalue weighted by atomic mass is 10.1. The summed E-state index contributed by atoms with van der Waals surface area (Å²) in [6.07, 6.45) is 2.35. The molecule has 22 heavy (non-hydrogen) atoms. The summed E-state index contributed by atoms with van der Waals surface area (Å²) in [5.41, 5.74) is 5.79. The summed E-state index contributed by atoms with van der Waals surface area (Å²) in [6.45, 7) is 3.93. The van der Waals surface area contributed by atoms with Gasteiger partial charge in [0.15, 0.2) is 6.61 Å². The standard InChI is InChI=1S/C18H20N2O2/c1-14-7-6-10-17(15(14)2)22-13-18(21)20-19-12-11-16-8-4-3-5-9-16/h3-10,12H,11,13H2,1-2H3,(H,20,21)/b19-12+. The number of aryl methyl sites for hydroxylation is 1. The van der Waals surface area contributed by atoms with Crippen LogP contribution in [0.1, 0.15) is 16.7 Å². The van der Waals surface area contributed by atoms with Gasteiger partial charge in [0.2, 0.25) is 0 Å². The summed E-state index contributed by atoms with van der Waals surface area (Å²) in [7, 11) is 0. The molecule has 0 unspecified atom stereocenters. The third-order valence-corrected chi connectivity index (χ3v) is 3.36. The number of amides is 1. The SMILES string of the molecule is Cc1cccc(OCC(=O)N/N=C/Cc2ccccc2)c1C. The van der Waals surface area contributed by atoms with Crippen LogP contribution in [0.5, 0.6) is 5.75 Å². The van der Waals surface area contributed by atoms with Gasteiger partial charge in [-0.2, -0.15) is 5.10 Å². The zero-order valence-electron chi connectivity index (χ0n) is 12.9. The van der Waals surface area contributed by atoms with Crippen LogP contribution < -0.4 is 10.2 Å². The Hall–Kier alpha value is -2.62. The van der Waals surface area contributed by atoms with Crippen molar-refractivity contribution in [2.45, 2.75) is 20.3 Å². The predicted molar refractivity (Wildman–Crippen MR) is 88.2 cm³/mol. The highest BCUT2D eigenvalue weighted by Gasteiger charge is 2.05. The van der Waals surface area contributed by atoms with Crippen LogP contribution in [0.25, 0.3) is 0 Å². The first kappa shape index (κ1) is 15.8. The molecule has 0 radical (unpaired) electrons. The van der Waals surface area contributed by atoms with Gasteiger partial charge in [-0.05, 0) is 36.6 Å². The molecule has 0 aliphatic rings. The average Bonchev–Trinajstić information content (AvgIpc) is 2.54. The lowest BCUT2D eigenvalue weighted by Gasteiger charge is -2.09. The van der Waals surface area contributed by atoms with Crippen LogP contribution in [-0.2, 0) is 11.2 Å². The number of hydrazone groups is 1. The van der Waals surface area contributed by atoms with Crippen molar-refractivity contribution in [2.24, 2.45) is 5.10 Å². The monoisotopic (exact) mass is 296 g/mol. The summed E-state index contributed by atoms with van der Waals surface area (Å²) in [4.78, 5) is 11.7. The van der Waals surface area contributed by atoms with Crippen LogP contribution in [0.2, 0.25) is 0 Å². The molecule has 4 nitrogen and oxygen atoms in total. The fourth-order valence-electron chi connectivity index (χ4n) is 1.94. The quantitative estimate of drug-likeness (QED) is 0.658. The van der Waals surface area contributed by atoms with Gasteiger partial charge in [-0.3, -0.25) is 4.79 Å². The fraction of sp³-hybridized carbons (Fsp3) is 0.222. The first-order valence-electron chi connectivity index (χ1n) is 7.20. The van der Waals surface area contributed by atoms with Crippen LogP contribution in [-0.4, -0.2) is 18.7 Å². The van der Waals surface area contributed by atoms with Gasteiger partial charge in [0.25, 0.3) is 5.91 Å². The van der Waals surface area contributed by atoms with E-state index < -0.39 is 0 Å². The Morgan fingerprint density at radius 2 is 1.91 bits per heavy atom. The maximum atomic E-state index is 11.7. The first-order chi connectivity index (χ1) is 10.7. The molecular weight excluding hydrogens is 276 g/mol. The predicted octanol–water partition coefficient (Wildman–Crippen LogP) is 3.03. The van der Waals surface area contributed by atoms with Crippen molar-refractivity contribution < 1.29 is 9.53 Å². The Labute approximate surface area is 130 Å². The maximum Gasteiger partial charge on any atom is 0.277 e. The minimum atomic E-state index is -0.273. The van der Waals surface area contributed by atoms with E-state index in [-0.39, 0.29) is 12.5 Å². The number of ether oxygens (including phenoxy) is 1.